The molecule has 0 aliphatic rings. The van der Waals surface area contributed by atoms with E-state index in [0.717, 1.165) is 11.1 Å². The monoisotopic (exact) mass is 355 g/mol. The van der Waals surface area contributed by atoms with Crippen molar-refractivity contribution in [1.82, 2.24) is 15.0 Å². The Hall–Kier alpha value is -2.99. The number of carbonyl (C=O) groups is 2. The van der Waals surface area contributed by atoms with Crippen molar-refractivity contribution in [2.45, 2.75) is 0 Å². The van der Waals surface area contributed by atoms with Crippen LogP contribution in [-0.4, -0.2) is 33.4 Å². The molecule has 0 amide bonds. The van der Waals surface area contributed by atoms with Crippen molar-refractivity contribution in [3.05, 3.63) is 71.0 Å². The molecule has 0 spiro atoms. The van der Waals surface area contributed by atoms with Gasteiger partial charge < -0.3 is 4.74 Å². The number of ketones is 1. The average molecular weight is 356 g/mol. The number of hydrogen-bond acceptors (Lipinski definition) is 5. The summed E-state index contributed by atoms with van der Waals surface area (Å²) < 4.78 is 5.08. The number of rotatable bonds is 5. The van der Waals surface area contributed by atoms with E-state index in [0.29, 0.717) is 0 Å². The minimum Gasteiger partial charge on any atom is -0.454 e. The highest BCUT2D eigenvalue weighted by molar-refractivity contribution is 6.33. The molecule has 3 rings (SSSR count). The van der Waals surface area contributed by atoms with Crippen LogP contribution in [0.3, 0.4) is 0 Å². The summed E-state index contributed by atoms with van der Waals surface area (Å²) in [5, 5.41) is 7.94. The van der Waals surface area contributed by atoms with Gasteiger partial charge in [0.1, 0.15) is 0 Å². The quantitative estimate of drug-likeness (QED) is 0.519. The Labute approximate surface area is 149 Å². The second-order valence-electron chi connectivity index (χ2n) is 5.28. The van der Waals surface area contributed by atoms with Gasteiger partial charge in [-0.15, -0.1) is 0 Å². The summed E-state index contributed by atoms with van der Waals surface area (Å²) in [7, 11) is 1.59. The molecule has 7 heteroatoms. The molecule has 25 heavy (non-hydrogen) atoms. The second kappa shape index (κ2) is 7.27. The number of halogens is 1. The zero-order valence-corrected chi connectivity index (χ0v) is 14.1. The summed E-state index contributed by atoms with van der Waals surface area (Å²) in [6, 6.07) is 14.7. The maximum Gasteiger partial charge on any atom is 0.340 e. The highest BCUT2D eigenvalue weighted by Crippen LogP contribution is 2.25. The summed E-state index contributed by atoms with van der Waals surface area (Å²) in [5.74, 6) is -1.10. The SMILES string of the molecule is Cn1ncc(C(=O)COC(=O)c2cc(-c3ccccc3)ccc2Cl)n1. The normalized spacial score (nSPS) is 10.5. The fraction of sp³-hybridized carbons (Fsp3) is 0.111. The van der Waals surface area contributed by atoms with Crippen molar-refractivity contribution >= 4 is 23.4 Å². The van der Waals surface area contributed by atoms with Crippen molar-refractivity contribution in [2.75, 3.05) is 6.61 Å². The predicted molar refractivity (Wildman–Crippen MR) is 92.5 cm³/mol. The van der Waals surface area contributed by atoms with E-state index in [1.807, 2.05) is 36.4 Å². The van der Waals surface area contributed by atoms with Gasteiger partial charge in [0.05, 0.1) is 16.8 Å². The molecule has 0 fully saturated rings. The van der Waals surface area contributed by atoms with Crippen LogP contribution >= 0.6 is 11.6 Å². The minimum absolute atomic E-state index is 0.138. The molecule has 0 aliphatic heterocycles. The molecule has 0 aliphatic carbocycles. The number of esters is 1. The Bertz CT molecular complexity index is 922. The van der Waals surface area contributed by atoms with Crippen molar-refractivity contribution in [3.63, 3.8) is 0 Å². The first-order valence-corrected chi connectivity index (χ1v) is 7.84. The largest absolute Gasteiger partial charge is 0.454 e. The number of aryl methyl sites for hydroxylation is 1. The molecular formula is C18H14ClN3O3. The Morgan fingerprint density at radius 3 is 2.56 bits per heavy atom. The van der Waals surface area contributed by atoms with Crippen molar-refractivity contribution in [1.29, 1.82) is 0 Å². The molecule has 6 nitrogen and oxygen atoms in total. The Morgan fingerprint density at radius 2 is 1.88 bits per heavy atom. The molecule has 0 saturated heterocycles. The lowest BCUT2D eigenvalue weighted by atomic mass is 10.0. The first-order chi connectivity index (χ1) is 12.0. The maximum absolute atomic E-state index is 12.3. The van der Waals surface area contributed by atoms with Gasteiger partial charge in [0.25, 0.3) is 0 Å². The highest BCUT2D eigenvalue weighted by Gasteiger charge is 2.17. The van der Waals surface area contributed by atoms with Gasteiger partial charge in [-0.1, -0.05) is 48.0 Å². The number of aromatic nitrogens is 3. The Balaban J connectivity index is 1.74. The lowest BCUT2D eigenvalue weighted by Crippen LogP contribution is -2.15. The van der Waals surface area contributed by atoms with Crippen LogP contribution in [0.15, 0.2) is 54.7 Å². The first-order valence-electron chi connectivity index (χ1n) is 7.46. The summed E-state index contributed by atoms with van der Waals surface area (Å²) in [6.07, 6.45) is 1.32. The summed E-state index contributed by atoms with van der Waals surface area (Å²) in [6.45, 7) is -0.427. The first kappa shape index (κ1) is 16.9. The van der Waals surface area contributed by atoms with Crippen LogP contribution in [0.4, 0.5) is 0 Å². The van der Waals surface area contributed by atoms with Crippen molar-refractivity contribution in [2.24, 2.45) is 7.05 Å². The van der Waals surface area contributed by atoms with E-state index in [1.165, 1.54) is 11.0 Å². The lowest BCUT2D eigenvalue weighted by Gasteiger charge is -2.08. The van der Waals surface area contributed by atoms with E-state index in [1.54, 1.807) is 19.2 Å². The molecular weight excluding hydrogens is 342 g/mol. The van der Waals surface area contributed by atoms with E-state index in [9.17, 15) is 9.59 Å². The van der Waals surface area contributed by atoms with Gasteiger partial charge >= 0.3 is 5.97 Å². The second-order valence-corrected chi connectivity index (χ2v) is 5.69. The van der Waals surface area contributed by atoms with Crippen LogP contribution in [0.2, 0.25) is 5.02 Å². The predicted octanol–water partition coefficient (Wildman–Crippen LogP) is 3.18. The number of ether oxygens (including phenoxy) is 1. The number of benzene rings is 2. The van der Waals surface area contributed by atoms with E-state index in [2.05, 4.69) is 10.2 Å². The van der Waals surface area contributed by atoms with Gasteiger partial charge in [-0.2, -0.15) is 15.0 Å². The fourth-order valence-corrected chi connectivity index (χ4v) is 2.44. The standard InChI is InChI=1S/C18H14ClN3O3/c1-22-20-10-16(21-22)17(23)11-25-18(24)14-9-13(7-8-15(14)19)12-5-3-2-4-6-12/h2-10H,11H2,1H3. The number of carbonyl (C=O) groups excluding carboxylic acids is 2. The Morgan fingerprint density at radius 1 is 1.12 bits per heavy atom. The molecule has 3 aromatic rings. The number of Topliss-reactive ketones (excluding diaryl/α,β-unsaturated/α-hetero) is 1. The van der Waals surface area contributed by atoms with Crippen LogP contribution < -0.4 is 0 Å². The van der Waals surface area contributed by atoms with Gasteiger partial charge in [-0.3, -0.25) is 4.79 Å². The highest BCUT2D eigenvalue weighted by atomic mass is 35.5. The van der Waals surface area contributed by atoms with E-state index >= 15 is 0 Å². The number of nitrogens with zero attached hydrogens (tertiary/aromatic N) is 3. The third kappa shape index (κ3) is 3.92. The molecule has 0 radical (unpaired) electrons. The topological polar surface area (TPSA) is 74.1 Å². The molecule has 0 saturated carbocycles. The molecule has 1 aromatic heterocycles. The summed E-state index contributed by atoms with van der Waals surface area (Å²) in [4.78, 5) is 25.5. The zero-order valence-electron chi connectivity index (χ0n) is 13.3. The molecule has 0 bridgehead atoms. The van der Waals surface area contributed by atoms with Crippen LogP contribution in [0.25, 0.3) is 11.1 Å². The molecule has 0 atom stereocenters. The van der Waals surface area contributed by atoms with Gasteiger partial charge in [-0.05, 0) is 23.3 Å². The third-order valence-electron chi connectivity index (χ3n) is 3.51. The van der Waals surface area contributed by atoms with Crippen molar-refractivity contribution in [3.8, 4) is 11.1 Å². The average Bonchev–Trinajstić information content (AvgIpc) is 3.07. The fourth-order valence-electron chi connectivity index (χ4n) is 2.25. The minimum atomic E-state index is -0.667. The van der Waals surface area contributed by atoms with Gasteiger partial charge in [-0.25, -0.2) is 4.79 Å². The lowest BCUT2D eigenvalue weighted by molar-refractivity contribution is 0.0473. The smallest absolute Gasteiger partial charge is 0.340 e. The Kier molecular flexibility index (Phi) is 4.90. The summed E-state index contributed by atoms with van der Waals surface area (Å²) >= 11 is 6.10. The van der Waals surface area contributed by atoms with Crippen LogP contribution in [-0.2, 0) is 11.8 Å². The van der Waals surface area contributed by atoms with E-state index in [4.69, 9.17) is 16.3 Å². The van der Waals surface area contributed by atoms with Crippen LogP contribution in [0.1, 0.15) is 20.8 Å². The van der Waals surface area contributed by atoms with E-state index in [-0.39, 0.29) is 16.3 Å². The molecule has 1 heterocycles. The number of hydrogen-bond donors (Lipinski definition) is 0. The molecule has 126 valence electrons. The van der Waals surface area contributed by atoms with Crippen molar-refractivity contribution < 1.29 is 14.3 Å². The van der Waals surface area contributed by atoms with Gasteiger partial charge in [0, 0.05) is 7.05 Å². The third-order valence-corrected chi connectivity index (χ3v) is 3.84. The zero-order chi connectivity index (χ0) is 17.8. The van der Waals surface area contributed by atoms with Gasteiger partial charge in [0.15, 0.2) is 12.3 Å². The maximum atomic E-state index is 12.3. The molecule has 0 unspecified atom stereocenters. The molecule has 0 N–H and O–H groups in total. The van der Waals surface area contributed by atoms with E-state index < -0.39 is 18.4 Å². The van der Waals surface area contributed by atoms with Crippen LogP contribution in [0, 0.1) is 0 Å². The van der Waals surface area contributed by atoms with Gasteiger partial charge in [0.2, 0.25) is 5.78 Å². The summed E-state index contributed by atoms with van der Waals surface area (Å²) in [5.41, 5.74) is 2.12. The molecule has 2 aromatic carbocycles. The van der Waals surface area contributed by atoms with Crippen LogP contribution in [0.5, 0.6) is 0 Å².